The summed E-state index contributed by atoms with van der Waals surface area (Å²) >= 11 is 0. The first-order valence-corrected chi connectivity index (χ1v) is 4.02. The van der Waals surface area contributed by atoms with E-state index in [4.69, 9.17) is 21.8 Å². The van der Waals surface area contributed by atoms with Gasteiger partial charge in [0.1, 0.15) is 11.9 Å². The Bertz CT molecular complexity index is 193. The molecule has 0 amide bonds. The normalized spacial score (nSPS) is 14.1. The lowest BCUT2D eigenvalue weighted by Gasteiger charge is -2.04. The molecule has 0 aliphatic carbocycles. The molecule has 0 radical (unpaired) electrons. The van der Waals surface area contributed by atoms with E-state index in [9.17, 15) is 4.79 Å². The third-order valence-electron chi connectivity index (χ3n) is 1.64. The monoisotopic (exact) mass is 189 g/mol. The number of nitrogens with two attached hydrogens (primary N) is 2. The fourth-order valence-electron chi connectivity index (χ4n) is 0.844. The minimum atomic E-state index is -0.996. The van der Waals surface area contributed by atoms with Crippen molar-refractivity contribution >= 4 is 11.8 Å². The van der Waals surface area contributed by atoms with Crippen LogP contribution >= 0.6 is 0 Å². The number of hydrogen-bond acceptors (Lipinski definition) is 4. The molecule has 0 aromatic rings. The van der Waals surface area contributed by atoms with Gasteiger partial charge in [0.25, 0.3) is 0 Å². The number of hydrogen-bond donors (Lipinski definition) is 4. The second-order valence-electron chi connectivity index (χ2n) is 2.78. The summed E-state index contributed by atoms with van der Waals surface area (Å²) in [5.41, 5.74) is 10.5. The Morgan fingerprint density at radius 3 is 2.54 bits per heavy atom. The van der Waals surface area contributed by atoms with E-state index in [1.807, 2.05) is 0 Å². The summed E-state index contributed by atoms with van der Waals surface area (Å²) in [5.74, 6) is -0.840. The number of aliphatic carboxylic acids is 1. The zero-order valence-corrected chi connectivity index (χ0v) is 7.31. The Labute approximate surface area is 76.2 Å². The van der Waals surface area contributed by atoms with Gasteiger partial charge in [-0.15, -0.1) is 0 Å². The van der Waals surface area contributed by atoms with Gasteiger partial charge in [-0.2, -0.15) is 0 Å². The predicted molar refractivity (Wildman–Crippen MR) is 47.5 cm³/mol. The molecule has 1 atom stereocenters. The topological polar surface area (TPSA) is 122 Å². The number of carboxylic acid groups (broad SMARTS) is 1. The highest BCUT2D eigenvalue weighted by Gasteiger charge is 2.09. The lowest BCUT2D eigenvalue weighted by Crippen LogP contribution is -2.29. The Hall–Kier alpha value is -1.30. The van der Waals surface area contributed by atoms with Gasteiger partial charge in [-0.25, -0.2) is 0 Å². The van der Waals surface area contributed by atoms with Crippen LogP contribution in [-0.2, 0) is 4.79 Å². The van der Waals surface area contributed by atoms with Crippen molar-refractivity contribution in [2.75, 3.05) is 0 Å². The molecule has 0 bridgehead atoms. The van der Waals surface area contributed by atoms with Crippen LogP contribution in [0.3, 0.4) is 0 Å². The molecule has 0 rings (SSSR count). The van der Waals surface area contributed by atoms with Crippen molar-refractivity contribution in [2.24, 2.45) is 16.6 Å². The van der Waals surface area contributed by atoms with E-state index in [1.165, 1.54) is 0 Å². The third-order valence-corrected chi connectivity index (χ3v) is 1.64. The van der Waals surface area contributed by atoms with Crippen LogP contribution in [0.2, 0.25) is 0 Å². The number of carbonyl (C=O) groups is 1. The quantitative estimate of drug-likeness (QED) is 0.150. The van der Waals surface area contributed by atoms with Gasteiger partial charge in [0.2, 0.25) is 0 Å². The third kappa shape index (κ3) is 5.92. The predicted octanol–water partition coefficient (Wildman–Crippen LogP) is -0.295. The Kier molecular flexibility index (Phi) is 5.62. The van der Waals surface area contributed by atoms with Gasteiger partial charge in [0, 0.05) is 6.42 Å². The molecule has 0 spiro atoms. The molecule has 0 aliphatic rings. The Morgan fingerprint density at radius 2 is 2.08 bits per heavy atom. The van der Waals surface area contributed by atoms with Gasteiger partial charge in [0.05, 0.1) is 0 Å². The number of unbranched alkanes of at least 4 members (excludes halogenated alkanes) is 1. The maximum Gasteiger partial charge on any atom is 0.320 e. The molecule has 6 nitrogen and oxygen atoms in total. The average molecular weight is 189 g/mol. The molecule has 6 N–H and O–H groups in total. The maximum absolute atomic E-state index is 10.3. The molecule has 76 valence electrons. The first-order chi connectivity index (χ1) is 6.07. The summed E-state index contributed by atoms with van der Waals surface area (Å²) in [5, 5.41) is 19.4. The van der Waals surface area contributed by atoms with Crippen LogP contribution in [0.4, 0.5) is 0 Å². The fraction of sp³-hybridized carbons (Fsp3) is 0.714. The summed E-state index contributed by atoms with van der Waals surface area (Å²) in [7, 11) is 0. The highest BCUT2D eigenvalue weighted by molar-refractivity contribution is 5.79. The molecule has 0 aromatic carbocycles. The standard InChI is InChI=1S/C7H15N3O3/c8-5(7(11)12)3-1-2-4-6(9)10-13/h5,13H,1-4,8H2,(H2,9,10)(H,11,12). The van der Waals surface area contributed by atoms with Crippen LogP contribution in [-0.4, -0.2) is 28.2 Å². The molecule has 0 saturated heterocycles. The highest BCUT2D eigenvalue weighted by Crippen LogP contribution is 2.02. The largest absolute Gasteiger partial charge is 0.480 e. The average Bonchev–Trinajstić information content (AvgIpc) is 2.11. The first-order valence-electron chi connectivity index (χ1n) is 4.02. The number of amidine groups is 1. The van der Waals surface area contributed by atoms with Gasteiger partial charge >= 0.3 is 5.97 Å². The lowest BCUT2D eigenvalue weighted by atomic mass is 10.1. The van der Waals surface area contributed by atoms with E-state index < -0.39 is 12.0 Å². The Morgan fingerprint density at radius 1 is 1.46 bits per heavy atom. The second kappa shape index (κ2) is 6.24. The van der Waals surface area contributed by atoms with Crippen molar-refractivity contribution in [1.29, 1.82) is 0 Å². The van der Waals surface area contributed by atoms with E-state index in [0.717, 1.165) is 0 Å². The summed E-state index contributed by atoms with van der Waals surface area (Å²) < 4.78 is 0. The summed E-state index contributed by atoms with van der Waals surface area (Å²) in [6, 6.07) is -0.813. The minimum absolute atomic E-state index is 0.156. The maximum atomic E-state index is 10.3. The minimum Gasteiger partial charge on any atom is -0.480 e. The Balaban J connectivity index is 3.41. The van der Waals surface area contributed by atoms with Gasteiger partial charge in [-0.05, 0) is 12.8 Å². The van der Waals surface area contributed by atoms with E-state index in [-0.39, 0.29) is 5.84 Å². The molecule has 13 heavy (non-hydrogen) atoms. The number of nitrogens with zero attached hydrogens (tertiary/aromatic N) is 1. The van der Waals surface area contributed by atoms with Crippen molar-refractivity contribution in [3.63, 3.8) is 0 Å². The van der Waals surface area contributed by atoms with E-state index in [1.54, 1.807) is 0 Å². The van der Waals surface area contributed by atoms with E-state index in [0.29, 0.717) is 25.7 Å². The van der Waals surface area contributed by atoms with Crippen molar-refractivity contribution in [2.45, 2.75) is 31.7 Å². The molecular formula is C7H15N3O3. The van der Waals surface area contributed by atoms with E-state index in [2.05, 4.69) is 5.16 Å². The van der Waals surface area contributed by atoms with Crippen LogP contribution in [0.25, 0.3) is 0 Å². The smallest absolute Gasteiger partial charge is 0.320 e. The van der Waals surface area contributed by atoms with Crippen molar-refractivity contribution in [1.82, 2.24) is 0 Å². The zero-order chi connectivity index (χ0) is 10.3. The number of carboxylic acids is 1. The first kappa shape index (κ1) is 11.7. The van der Waals surface area contributed by atoms with Crippen LogP contribution in [0.15, 0.2) is 5.16 Å². The van der Waals surface area contributed by atoms with Gasteiger partial charge < -0.3 is 21.8 Å². The molecular weight excluding hydrogens is 174 g/mol. The molecule has 0 saturated carbocycles. The molecule has 0 aliphatic heterocycles. The second-order valence-corrected chi connectivity index (χ2v) is 2.78. The highest BCUT2D eigenvalue weighted by atomic mass is 16.4. The summed E-state index contributed by atoms with van der Waals surface area (Å²) in [4.78, 5) is 10.3. The van der Waals surface area contributed by atoms with Crippen molar-refractivity contribution < 1.29 is 15.1 Å². The fourth-order valence-corrected chi connectivity index (χ4v) is 0.844. The summed E-state index contributed by atoms with van der Waals surface area (Å²) in [6.07, 6.45) is 2.21. The van der Waals surface area contributed by atoms with Gasteiger partial charge in [0.15, 0.2) is 0 Å². The SMILES string of the molecule is N/C(CCCCC(N)C(=O)O)=N/O. The number of rotatable bonds is 6. The van der Waals surface area contributed by atoms with Crippen molar-refractivity contribution in [3.05, 3.63) is 0 Å². The van der Waals surface area contributed by atoms with Crippen LogP contribution in [0.5, 0.6) is 0 Å². The zero-order valence-electron chi connectivity index (χ0n) is 7.31. The summed E-state index contributed by atoms with van der Waals surface area (Å²) in [6.45, 7) is 0. The van der Waals surface area contributed by atoms with Crippen LogP contribution in [0.1, 0.15) is 25.7 Å². The van der Waals surface area contributed by atoms with Gasteiger partial charge in [-0.3, -0.25) is 4.79 Å². The van der Waals surface area contributed by atoms with E-state index >= 15 is 0 Å². The number of oxime groups is 1. The van der Waals surface area contributed by atoms with Gasteiger partial charge in [-0.1, -0.05) is 11.6 Å². The molecule has 6 heteroatoms. The van der Waals surface area contributed by atoms with Crippen LogP contribution < -0.4 is 11.5 Å². The molecule has 0 fully saturated rings. The van der Waals surface area contributed by atoms with Crippen LogP contribution in [0, 0.1) is 0 Å². The van der Waals surface area contributed by atoms with Crippen molar-refractivity contribution in [3.8, 4) is 0 Å². The molecule has 1 unspecified atom stereocenters. The molecule has 0 heterocycles. The molecule has 0 aromatic heterocycles. The lowest BCUT2D eigenvalue weighted by molar-refractivity contribution is -0.138.